The maximum Gasteiger partial charge on any atom is 0.223 e. The SMILES string of the molecule is CC(C)N(CC(N)=NO)C(=O)CCC1CCCCC1. The Morgan fingerprint density at radius 1 is 1.37 bits per heavy atom. The number of rotatable bonds is 6. The van der Waals surface area contributed by atoms with Crippen LogP contribution in [0.4, 0.5) is 0 Å². The highest BCUT2D eigenvalue weighted by molar-refractivity contribution is 5.87. The molecular formula is C14H27N3O2. The summed E-state index contributed by atoms with van der Waals surface area (Å²) >= 11 is 0. The van der Waals surface area contributed by atoms with Gasteiger partial charge in [0.2, 0.25) is 5.91 Å². The van der Waals surface area contributed by atoms with Crippen LogP contribution in [0.1, 0.15) is 58.8 Å². The van der Waals surface area contributed by atoms with Crippen LogP contribution in [0.3, 0.4) is 0 Å². The Labute approximate surface area is 115 Å². The average molecular weight is 269 g/mol. The predicted octanol–water partition coefficient (Wildman–Crippen LogP) is 2.33. The summed E-state index contributed by atoms with van der Waals surface area (Å²) in [5, 5.41) is 11.5. The summed E-state index contributed by atoms with van der Waals surface area (Å²) in [4.78, 5) is 13.9. The van der Waals surface area contributed by atoms with Gasteiger partial charge in [0.25, 0.3) is 0 Å². The molecule has 0 bridgehead atoms. The number of oxime groups is 1. The minimum Gasteiger partial charge on any atom is -0.409 e. The van der Waals surface area contributed by atoms with Crippen LogP contribution in [-0.2, 0) is 4.79 Å². The van der Waals surface area contributed by atoms with Crippen molar-refractivity contribution in [1.29, 1.82) is 0 Å². The van der Waals surface area contributed by atoms with E-state index in [0.717, 1.165) is 6.42 Å². The van der Waals surface area contributed by atoms with Gasteiger partial charge >= 0.3 is 0 Å². The van der Waals surface area contributed by atoms with Gasteiger partial charge in [-0.25, -0.2) is 0 Å². The topological polar surface area (TPSA) is 78.9 Å². The number of carbonyl (C=O) groups excluding carboxylic acids is 1. The highest BCUT2D eigenvalue weighted by Crippen LogP contribution is 2.27. The molecule has 0 unspecified atom stereocenters. The van der Waals surface area contributed by atoms with E-state index in [-0.39, 0.29) is 24.3 Å². The van der Waals surface area contributed by atoms with Crippen molar-refractivity contribution in [3.05, 3.63) is 0 Å². The molecule has 0 aromatic rings. The summed E-state index contributed by atoms with van der Waals surface area (Å²) in [5.41, 5.74) is 5.49. The quantitative estimate of drug-likeness (QED) is 0.336. The van der Waals surface area contributed by atoms with Crippen molar-refractivity contribution in [2.24, 2.45) is 16.8 Å². The number of nitrogens with zero attached hydrogens (tertiary/aromatic N) is 2. The van der Waals surface area contributed by atoms with Crippen molar-refractivity contribution in [2.75, 3.05) is 6.54 Å². The minimum absolute atomic E-state index is 0.0687. The summed E-state index contributed by atoms with van der Waals surface area (Å²) in [7, 11) is 0. The van der Waals surface area contributed by atoms with Crippen molar-refractivity contribution >= 4 is 11.7 Å². The van der Waals surface area contributed by atoms with E-state index < -0.39 is 0 Å². The first-order valence-corrected chi connectivity index (χ1v) is 7.30. The summed E-state index contributed by atoms with van der Waals surface area (Å²) in [5.74, 6) is 0.891. The van der Waals surface area contributed by atoms with Crippen LogP contribution >= 0.6 is 0 Å². The van der Waals surface area contributed by atoms with Crippen LogP contribution in [-0.4, -0.2) is 34.4 Å². The Bertz CT molecular complexity index is 310. The Morgan fingerprint density at radius 2 is 2.00 bits per heavy atom. The van der Waals surface area contributed by atoms with E-state index in [4.69, 9.17) is 10.9 Å². The molecular weight excluding hydrogens is 242 g/mol. The van der Waals surface area contributed by atoms with E-state index in [0.29, 0.717) is 12.3 Å². The molecule has 0 radical (unpaired) electrons. The third-order valence-electron chi connectivity index (χ3n) is 3.90. The lowest BCUT2D eigenvalue weighted by molar-refractivity contribution is -0.132. The first-order valence-electron chi connectivity index (χ1n) is 7.30. The monoisotopic (exact) mass is 269 g/mol. The molecule has 1 rings (SSSR count). The van der Waals surface area contributed by atoms with E-state index in [1.165, 1.54) is 32.1 Å². The molecule has 5 nitrogen and oxygen atoms in total. The fraction of sp³-hybridized carbons (Fsp3) is 0.857. The Hall–Kier alpha value is -1.26. The number of carbonyl (C=O) groups is 1. The second-order valence-corrected chi connectivity index (χ2v) is 5.75. The molecule has 0 heterocycles. The second-order valence-electron chi connectivity index (χ2n) is 5.75. The number of amidine groups is 1. The van der Waals surface area contributed by atoms with Gasteiger partial charge < -0.3 is 15.8 Å². The van der Waals surface area contributed by atoms with Crippen LogP contribution in [0.25, 0.3) is 0 Å². The second kappa shape index (κ2) is 8.02. The summed E-state index contributed by atoms with van der Waals surface area (Å²) in [6, 6.07) is 0.0687. The van der Waals surface area contributed by atoms with Crippen molar-refractivity contribution in [3.63, 3.8) is 0 Å². The van der Waals surface area contributed by atoms with Crippen LogP contribution in [0.2, 0.25) is 0 Å². The standard InChI is InChI=1S/C14H27N3O2/c1-11(2)17(10-13(15)16-19)14(18)9-8-12-6-4-3-5-7-12/h11-12,19H,3-10H2,1-2H3,(H2,15,16). The van der Waals surface area contributed by atoms with Crippen LogP contribution in [0.5, 0.6) is 0 Å². The molecule has 1 aliphatic carbocycles. The Kier molecular flexibility index (Phi) is 6.67. The van der Waals surface area contributed by atoms with Crippen LogP contribution in [0.15, 0.2) is 5.16 Å². The van der Waals surface area contributed by atoms with Gasteiger partial charge in [-0.05, 0) is 26.2 Å². The maximum atomic E-state index is 12.2. The molecule has 19 heavy (non-hydrogen) atoms. The van der Waals surface area contributed by atoms with Gasteiger partial charge in [0, 0.05) is 12.5 Å². The number of hydrogen-bond acceptors (Lipinski definition) is 3. The zero-order valence-corrected chi connectivity index (χ0v) is 12.1. The number of hydrogen-bond donors (Lipinski definition) is 2. The summed E-state index contributed by atoms with van der Waals surface area (Å²) in [6.45, 7) is 4.10. The first-order chi connectivity index (χ1) is 9.04. The molecule has 0 aromatic carbocycles. The van der Waals surface area contributed by atoms with E-state index in [1.807, 2.05) is 13.8 Å². The molecule has 110 valence electrons. The van der Waals surface area contributed by atoms with Crippen LogP contribution in [0, 0.1) is 5.92 Å². The van der Waals surface area contributed by atoms with E-state index in [9.17, 15) is 4.79 Å². The lowest BCUT2D eigenvalue weighted by atomic mass is 9.86. The van der Waals surface area contributed by atoms with Gasteiger partial charge in [0.1, 0.15) is 0 Å². The van der Waals surface area contributed by atoms with Gasteiger partial charge in [0.05, 0.1) is 6.54 Å². The Balaban J connectivity index is 2.42. The predicted molar refractivity (Wildman–Crippen MR) is 76.1 cm³/mol. The first kappa shape index (κ1) is 15.8. The molecule has 0 aromatic heterocycles. The van der Waals surface area contributed by atoms with Crippen molar-refractivity contribution in [1.82, 2.24) is 4.90 Å². The largest absolute Gasteiger partial charge is 0.409 e. The average Bonchev–Trinajstić information content (AvgIpc) is 2.42. The van der Waals surface area contributed by atoms with Gasteiger partial charge in [-0.1, -0.05) is 37.3 Å². The lowest BCUT2D eigenvalue weighted by Crippen LogP contribution is -2.42. The fourth-order valence-corrected chi connectivity index (χ4v) is 2.71. The van der Waals surface area contributed by atoms with Crippen molar-refractivity contribution in [2.45, 2.75) is 64.8 Å². The third-order valence-corrected chi connectivity index (χ3v) is 3.90. The zero-order chi connectivity index (χ0) is 14.3. The van der Waals surface area contributed by atoms with Gasteiger partial charge in [-0.2, -0.15) is 0 Å². The fourth-order valence-electron chi connectivity index (χ4n) is 2.71. The lowest BCUT2D eigenvalue weighted by Gasteiger charge is -2.27. The molecule has 3 N–H and O–H groups in total. The van der Waals surface area contributed by atoms with E-state index in [1.54, 1.807) is 4.90 Å². The smallest absolute Gasteiger partial charge is 0.223 e. The molecule has 0 spiro atoms. The number of amides is 1. The highest BCUT2D eigenvalue weighted by Gasteiger charge is 2.20. The Morgan fingerprint density at radius 3 is 2.53 bits per heavy atom. The molecule has 5 heteroatoms. The molecule has 0 saturated heterocycles. The molecule has 0 atom stereocenters. The highest BCUT2D eigenvalue weighted by atomic mass is 16.4. The van der Waals surface area contributed by atoms with Crippen LogP contribution < -0.4 is 5.73 Å². The zero-order valence-electron chi connectivity index (χ0n) is 12.1. The summed E-state index contributed by atoms with van der Waals surface area (Å²) < 4.78 is 0. The summed E-state index contributed by atoms with van der Waals surface area (Å²) in [6.07, 6.45) is 8.00. The molecule has 1 amide bonds. The molecule has 1 fully saturated rings. The minimum atomic E-state index is 0.0687. The van der Waals surface area contributed by atoms with Crippen molar-refractivity contribution in [3.8, 4) is 0 Å². The molecule has 0 aliphatic heterocycles. The van der Waals surface area contributed by atoms with Gasteiger partial charge in [0.15, 0.2) is 5.84 Å². The third kappa shape index (κ3) is 5.49. The normalized spacial score (nSPS) is 17.7. The van der Waals surface area contributed by atoms with Crippen molar-refractivity contribution < 1.29 is 10.0 Å². The molecule has 1 aliphatic rings. The van der Waals surface area contributed by atoms with Gasteiger partial charge in [-0.15, -0.1) is 0 Å². The molecule has 1 saturated carbocycles. The van der Waals surface area contributed by atoms with E-state index >= 15 is 0 Å². The van der Waals surface area contributed by atoms with E-state index in [2.05, 4.69) is 5.16 Å². The maximum absolute atomic E-state index is 12.2. The number of nitrogens with two attached hydrogens (primary N) is 1. The van der Waals surface area contributed by atoms with Gasteiger partial charge in [-0.3, -0.25) is 4.79 Å².